The SMILES string of the molecule is COC(=O)C1=C(O)C(=Cc2cccc(O)c2)SC1=Nc1ccc([N+](=O)[O-])cc1. The minimum absolute atomic E-state index is 0.0637. The number of thioether (sulfide) groups is 1. The minimum atomic E-state index is -0.759. The summed E-state index contributed by atoms with van der Waals surface area (Å²) in [6.07, 6.45) is 1.60. The zero-order chi connectivity index (χ0) is 20.3. The molecule has 0 saturated heterocycles. The van der Waals surface area contributed by atoms with Gasteiger partial charge in [0, 0.05) is 12.1 Å². The lowest BCUT2D eigenvalue weighted by atomic mass is 10.1. The first-order valence-corrected chi connectivity index (χ1v) is 8.74. The summed E-state index contributed by atoms with van der Waals surface area (Å²) in [7, 11) is 1.19. The largest absolute Gasteiger partial charge is 0.508 e. The Labute approximate surface area is 163 Å². The molecule has 8 nitrogen and oxygen atoms in total. The van der Waals surface area contributed by atoms with Gasteiger partial charge >= 0.3 is 5.97 Å². The Morgan fingerprint density at radius 2 is 1.93 bits per heavy atom. The van der Waals surface area contributed by atoms with Crippen LogP contribution in [0.15, 0.2) is 69.8 Å². The number of phenols is 1. The highest BCUT2D eigenvalue weighted by atomic mass is 32.2. The number of hydrogen-bond donors (Lipinski definition) is 2. The summed E-state index contributed by atoms with van der Waals surface area (Å²) in [5.41, 5.74) is 0.812. The van der Waals surface area contributed by atoms with Crippen molar-refractivity contribution >= 4 is 40.2 Å². The summed E-state index contributed by atoms with van der Waals surface area (Å²) in [5, 5.41) is 31.0. The Morgan fingerprint density at radius 3 is 2.54 bits per heavy atom. The predicted octanol–water partition coefficient (Wildman–Crippen LogP) is 4.10. The van der Waals surface area contributed by atoms with Crippen LogP contribution in [-0.2, 0) is 9.53 Å². The zero-order valence-electron chi connectivity index (χ0n) is 14.5. The molecule has 2 aromatic rings. The van der Waals surface area contributed by atoms with Crippen molar-refractivity contribution in [1.29, 1.82) is 0 Å². The van der Waals surface area contributed by atoms with Gasteiger partial charge in [0.15, 0.2) is 0 Å². The molecule has 1 aliphatic rings. The van der Waals surface area contributed by atoms with E-state index in [2.05, 4.69) is 4.99 Å². The molecule has 0 atom stereocenters. The zero-order valence-corrected chi connectivity index (χ0v) is 15.3. The van der Waals surface area contributed by atoms with Gasteiger partial charge in [-0.2, -0.15) is 0 Å². The number of aliphatic hydroxyl groups is 1. The molecule has 0 aliphatic carbocycles. The van der Waals surface area contributed by atoms with Crippen LogP contribution in [0.2, 0.25) is 0 Å². The number of nitrogens with zero attached hydrogens (tertiary/aromatic N) is 2. The first-order valence-electron chi connectivity index (χ1n) is 7.93. The van der Waals surface area contributed by atoms with Crippen molar-refractivity contribution < 1.29 is 24.7 Å². The molecule has 0 bridgehead atoms. The molecule has 9 heteroatoms. The van der Waals surface area contributed by atoms with E-state index >= 15 is 0 Å². The molecule has 2 aromatic carbocycles. The van der Waals surface area contributed by atoms with Gasteiger partial charge in [-0.15, -0.1) is 0 Å². The Hall–Kier alpha value is -3.59. The van der Waals surface area contributed by atoms with Crippen molar-refractivity contribution in [3.63, 3.8) is 0 Å². The number of hydrogen-bond acceptors (Lipinski definition) is 8. The number of ether oxygens (including phenoxy) is 1. The topological polar surface area (TPSA) is 122 Å². The van der Waals surface area contributed by atoms with Gasteiger partial charge in [0.2, 0.25) is 0 Å². The van der Waals surface area contributed by atoms with Gasteiger partial charge in [-0.25, -0.2) is 9.79 Å². The molecule has 142 valence electrons. The lowest BCUT2D eigenvalue weighted by Crippen LogP contribution is -2.10. The fourth-order valence-electron chi connectivity index (χ4n) is 2.42. The second-order valence-electron chi connectivity index (χ2n) is 5.61. The maximum atomic E-state index is 12.1. The second-order valence-corrected chi connectivity index (χ2v) is 6.64. The average Bonchev–Trinajstić information content (AvgIpc) is 2.96. The van der Waals surface area contributed by atoms with Gasteiger partial charge in [0.1, 0.15) is 22.1 Å². The summed E-state index contributed by atoms with van der Waals surface area (Å²) in [6, 6.07) is 11.9. The maximum Gasteiger partial charge on any atom is 0.344 e. The van der Waals surface area contributed by atoms with Gasteiger partial charge in [-0.3, -0.25) is 10.1 Å². The third-order valence-electron chi connectivity index (χ3n) is 3.74. The first-order chi connectivity index (χ1) is 13.4. The van der Waals surface area contributed by atoms with Crippen LogP contribution in [0.5, 0.6) is 5.75 Å². The van der Waals surface area contributed by atoms with Gasteiger partial charge < -0.3 is 14.9 Å². The second kappa shape index (κ2) is 7.97. The fraction of sp³-hybridized carbons (Fsp3) is 0.0526. The number of phenolic OH excluding ortho intramolecular Hbond substituents is 1. The first kappa shape index (κ1) is 19.2. The molecule has 0 unspecified atom stereocenters. The van der Waals surface area contributed by atoms with Crippen molar-refractivity contribution in [2.45, 2.75) is 0 Å². The van der Waals surface area contributed by atoms with E-state index in [1.165, 1.54) is 43.5 Å². The standard InChI is InChI=1S/C19H14N2O6S/c1-27-19(24)16-17(23)15(10-11-3-2-4-14(22)9-11)28-18(16)20-12-5-7-13(8-6-12)21(25)26/h2-10,22-23H,1H3. The molecule has 0 fully saturated rings. The highest BCUT2D eigenvalue weighted by molar-refractivity contribution is 8.18. The quantitative estimate of drug-likeness (QED) is 0.451. The van der Waals surface area contributed by atoms with Gasteiger partial charge in [-0.05, 0) is 35.9 Å². The molecule has 3 rings (SSSR count). The van der Waals surface area contributed by atoms with Crippen LogP contribution in [0.4, 0.5) is 11.4 Å². The lowest BCUT2D eigenvalue weighted by Gasteiger charge is -2.01. The van der Waals surface area contributed by atoms with Crippen LogP contribution in [0.25, 0.3) is 6.08 Å². The number of aliphatic hydroxyl groups excluding tert-OH is 1. The normalized spacial score (nSPS) is 16.6. The monoisotopic (exact) mass is 398 g/mol. The lowest BCUT2D eigenvalue weighted by molar-refractivity contribution is -0.384. The molecule has 2 N–H and O–H groups in total. The van der Waals surface area contributed by atoms with E-state index in [1.807, 2.05) is 0 Å². The Morgan fingerprint density at radius 1 is 1.21 bits per heavy atom. The van der Waals surface area contributed by atoms with E-state index < -0.39 is 10.9 Å². The highest BCUT2D eigenvalue weighted by Crippen LogP contribution is 2.40. The van der Waals surface area contributed by atoms with Crippen molar-refractivity contribution in [2.24, 2.45) is 4.99 Å². The number of carbonyl (C=O) groups is 1. The van der Waals surface area contributed by atoms with Crippen molar-refractivity contribution in [3.05, 3.63) is 80.4 Å². The van der Waals surface area contributed by atoms with Crippen LogP contribution in [0.3, 0.4) is 0 Å². The van der Waals surface area contributed by atoms with E-state index in [0.29, 0.717) is 16.2 Å². The summed E-state index contributed by atoms with van der Waals surface area (Å²) in [4.78, 5) is 27.0. The summed E-state index contributed by atoms with van der Waals surface area (Å²) in [5.74, 6) is -0.986. The van der Waals surface area contributed by atoms with Gasteiger partial charge in [0.05, 0.1) is 22.6 Å². The van der Waals surface area contributed by atoms with Crippen LogP contribution < -0.4 is 0 Å². The average molecular weight is 398 g/mol. The van der Waals surface area contributed by atoms with Gasteiger partial charge in [-0.1, -0.05) is 23.9 Å². The summed E-state index contributed by atoms with van der Waals surface area (Å²) in [6.45, 7) is 0. The maximum absolute atomic E-state index is 12.1. The molecular formula is C19H14N2O6S. The van der Waals surface area contributed by atoms with Crippen LogP contribution in [0.1, 0.15) is 5.56 Å². The number of carbonyl (C=O) groups excluding carboxylic acids is 1. The molecular weight excluding hydrogens is 384 g/mol. The van der Waals surface area contributed by atoms with Crippen molar-refractivity contribution in [1.82, 2.24) is 0 Å². The fourth-order valence-corrected chi connectivity index (χ4v) is 3.46. The van der Waals surface area contributed by atoms with E-state index in [9.17, 15) is 25.1 Å². The van der Waals surface area contributed by atoms with E-state index in [-0.39, 0.29) is 27.8 Å². The van der Waals surface area contributed by atoms with Gasteiger partial charge in [0.25, 0.3) is 5.69 Å². The third kappa shape index (κ3) is 4.04. The molecule has 1 aliphatic heterocycles. The number of nitro groups is 1. The molecule has 0 spiro atoms. The smallest absolute Gasteiger partial charge is 0.344 e. The molecule has 0 saturated carbocycles. The Kier molecular flexibility index (Phi) is 5.46. The van der Waals surface area contributed by atoms with Crippen LogP contribution >= 0.6 is 11.8 Å². The Balaban J connectivity index is 2.01. The summed E-state index contributed by atoms with van der Waals surface area (Å²) >= 11 is 1.05. The van der Waals surface area contributed by atoms with E-state index in [4.69, 9.17) is 4.74 Å². The molecule has 0 amide bonds. The van der Waals surface area contributed by atoms with E-state index in [1.54, 1.807) is 18.2 Å². The third-order valence-corrected chi connectivity index (χ3v) is 4.76. The van der Waals surface area contributed by atoms with Crippen LogP contribution in [-0.4, -0.2) is 33.3 Å². The number of non-ortho nitro benzene ring substituents is 1. The van der Waals surface area contributed by atoms with Crippen molar-refractivity contribution in [3.8, 4) is 5.75 Å². The van der Waals surface area contributed by atoms with Crippen LogP contribution in [0, 0.1) is 10.1 Å². The predicted molar refractivity (Wildman–Crippen MR) is 106 cm³/mol. The highest BCUT2D eigenvalue weighted by Gasteiger charge is 2.33. The number of rotatable bonds is 4. The van der Waals surface area contributed by atoms with Crippen molar-refractivity contribution in [2.75, 3.05) is 7.11 Å². The number of methoxy groups -OCH3 is 1. The molecule has 28 heavy (non-hydrogen) atoms. The Bertz CT molecular complexity index is 1040. The number of nitro benzene ring substituents is 1. The number of esters is 1. The number of aromatic hydroxyl groups is 1. The summed E-state index contributed by atoms with van der Waals surface area (Å²) < 4.78 is 4.73. The molecule has 0 aromatic heterocycles. The minimum Gasteiger partial charge on any atom is -0.508 e. The molecule has 0 radical (unpaired) electrons. The van der Waals surface area contributed by atoms with E-state index in [0.717, 1.165) is 11.8 Å². The molecule has 1 heterocycles. The number of aliphatic imine (C=N–C) groups is 1. The number of benzene rings is 2.